The van der Waals surface area contributed by atoms with E-state index in [1.165, 1.54) is 27.4 Å². The molecule has 5 aromatic rings. The minimum absolute atomic E-state index is 0.929. The van der Waals surface area contributed by atoms with Gasteiger partial charge in [0.2, 0.25) is 0 Å². The zero-order chi connectivity index (χ0) is 22.6. The van der Waals surface area contributed by atoms with Crippen LogP contribution in [0.25, 0.3) is 27.9 Å². The highest BCUT2D eigenvalue weighted by Crippen LogP contribution is 2.30. The van der Waals surface area contributed by atoms with Crippen molar-refractivity contribution in [2.45, 2.75) is 20.4 Å². The number of anilines is 2. The van der Waals surface area contributed by atoms with Crippen molar-refractivity contribution in [1.29, 1.82) is 0 Å². The second kappa shape index (κ2) is 9.17. The van der Waals surface area contributed by atoms with Crippen LogP contribution in [0.5, 0.6) is 0 Å². The lowest BCUT2D eigenvalue weighted by atomic mass is 10.1. The minimum Gasteiger partial charge on any atom is -0.341 e. The van der Waals surface area contributed by atoms with Crippen LogP contribution in [-0.2, 0) is 6.54 Å². The summed E-state index contributed by atoms with van der Waals surface area (Å²) in [6.45, 7) is 5.20. The third-order valence-corrected chi connectivity index (χ3v) is 5.89. The lowest BCUT2D eigenvalue weighted by Gasteiger charge is -2.20. The Morgan fingerprint density at radius 2 is 1.36 bits per heavy atom. The molecule has 0 spiro atoms. The number of nitrogens with zero attached hydrogens (tertiary/aromatic N) is 3. The van der Waals surface area contributed by atoms with Gasteiger partial charge in [-0.05, 0) is 68.0 Å². The lowest BCUT2D eigenvalue weighted by molar-refractivity contribution is 0.827. The molecule has 3 nitrogen and oxygen atoms in total. The van der Waals surface area contributed by atoms with Gasteiger partial charge in [0.25, 0.3) is 0 Å². The Labute approximate surface area is 194 Å². The highest BCUT2D eigenvalue weighted by Gasteiger charge is 2.09. The lowest BCUT2D eigenvalue weighted by Crippen LogP contribution is -2.11. The van der Waals surface area contributed by atoms with Gasteiger partial charge in [0.1, 0.15) is 0 Å². The van der Waals surface area contributed by atoms with Crippen molar-refractivity contribution in [2.75, 3.05) is 5.01 Å². The van der Waals surface area contributed by atoms with Gasteiger partial charge in [-0.15, -0.1) is 0 Å². The summed E-state index contributed by atoms with van der Waals surface area (Å²) in [4.78, 5) is 0. The van der Waals surface area contributed by atoms with Crippen LogP contribution in [0, 0.1) is 0 Å². The molecule has 0 atom stereocenters. The van der Waals surface area contributed by atoms with Gasteiger partial charge in [-0.25, -0.2) is 5.01 Å². The van der Waals surface area contributed by atoms with Crippen LogP contribution in [-0.4, -0.2) is 10.3 Å². The third kappa shape index (κ3) is 4.18. The number of hydrogen-bond donors (Lipinski definition) is 0. The Bertz CT molecular complexity index is 1400. The first kappa shape index (κ1) is 20.8. The fraction of sp³-hybridized carbons (Fsp3) is 0.100. The van der Waals surface area contributed by atoms with Crippen LogP contribution >= 0.6 is 0 Å². The van der Waals surface area contributed by atoms with E-state index in [9.17, 15) is 0 Å². The van der Waals surface area contributed by atoms with E-state index in [1.54, 1.807) is 0 Å². The average molecular weight is 430 g/mol. The summed E-state index contributed by atoms with van der Waals surface area (Å²) < 4.78 is 2.38. The minimum atomic E-state index is 0.929. The number of aromatic nitrogens is 1. The fourth-order valence-electron chi connectivity index (χ4n) is 4.33. The molecular weight excluding hydrogens is 402 g/mol. The van der Waals surface area contributed by atoms with Crippen molar-refractivity contribution >= 4 is 45.0 Å². The number of para-hydroxylation sites is 3. The van der Waals surface area contributed by atoms with E-state index in [0.717, 1.165) is 23.6 Å². The highest BCUT2D eigenvalue weighted by atomic mass is 15.5. The summed E-state index contributed by atoms with van der Waals surface area (Å²) in [5.41, 5.74) is 6.73. The predicted molar refractivity (Wildman–Crippen MR) is 142 cm³/mol. The molecule has 1 aromatic heterocycles. The van der Waals surface area contributed by atoms with Gasteiger partial charge in [0.05, 0.1) is 17.1 Å². The van der Waals surface area contributed by atoms with E-state index in [4.69, 9.17) is 5.10 Å². The zero-order valence-electron chi connectivity index (χ0n) is 19.0. The van der Waals surface area contributed by atoms with Crippen molar-refractivity contribution in [3.63, 3.8) is 0 Å². The first-order chi connectivity index (χ1) is 16.2. The van der Waals surface area contributed by atoms with Crippen LogP contribution in [0.15, 0.2) is 114 Å². The Morgan fingerprint density at radius 3 is 2.03 bits per heavy atom. The van der Waals surface area contributed by atoms with Crippen molar-refractivity contribution in [3.8, 4) is 0 Å². The molecule has 4 aromatic carbocycles. The largest absolute Gasteiger partial charge is 0.341 e. The molecule has 0 fully saturated rings. The highest BCUT2D eigenvalue weighted by molar-refractivity contribution is 6.09. The van der Waals surface area contributed by atoms with E-state index < -0.39 is 0 Å². The number of benzene rings is 4. The zero-order valence-corrected chi connectivity index (χ0v) is 19.0. The van der Waals surface area contributed by atoms with Gasteiger partial charge in [-0.3, -0.25) is 0 Å². The number of rotatable bonds is 6. The van der Waals surface area contributed by atoms with Gasteiger partial charge in [-0.2, -0.15) is 5.10 Å². The second-order valence-electron chi connectivity index (χ2n) is 8.10. The Morgan fingerprint density at radius 1 is 0.758 bits per heavy atom. The molecule has 0 saturated heterocycles. The molecule has 162 valence electrons. The maximum atomic E-state index is 4.92. The topological polar surface area (TPSA) is 20.5 Å². The van der Waals surface area contributed by atoms with Crippen molar-refractivity contribution in [1.82, 2.24) is 4.57 Å². The van der Waals surface area contributed by atoms with Crippen LogP contribution < -0.4 is 5.01 Å². The van der Waals surface area contributed by atoms with E-state index in [0.29, 0.717) is 0 Å². The summed E-state index contributed by atoms with van der Waals surface area (Å²) in [6.07, 6.45) is 4.23. The molecule has 1 heterocycles. The molecule has 0 aliphatic heterocycles. The molecular formula is C30H27N3. The number of hydrazone groups is 1. The average Bonchev–Trinajstić information content (AvgIpc) is 3.20. The summed E-state index contributed by atoms with van der Waals surface area (Å²) in [5.74, 6) is 0. The Kier molecular flexibility index (Phi) is 5.77. The van der Waals surface area contributed by atoms with Crippen molar-refractivity contribution < 1.29 is 0 Å². The molecule has 0 aliphatic carbocycles. The number of fused-ring (bicyclic) bond motifs is 3. The molecule has 0 radical (unpaired) electrons. The van der Waals surface area contributed by atoms with Gasteiger partial charge in [0, 0.05) is 28.4 Å². The van der Waals surface area contributed by atoms with E-state index >= 15 is 0 Å². The van der Waals surface area contributed by atoms with Crippen LogP contribution in [0.1, 0.15) is 19.4 Å². The predicted octanol–water partition coefficient (Wildman–Crippen LogP) is 8.04. The molecule has 0 N–H and O–H groups in total. The van der Waals surface area contributed by atoms with Gasteiger partial charge < -0.3 is 4.57 Å². The summed E-state index contributed by atoms with van der Waals surface area (Å²) >= 11 is 0. The number of allylic oxidation sites excluding steroid dienone is 1. The molecule has 0 unspecified atom stereocenters. The smallest absolute Gasteiger partial charge is 0.0652 e. The van der Waals surface area contributed by atoms with Gasteiger partial charge in [-0.1, -0.05) is 66.7 Å². The maximum Gasteiger partial charge on any atom is 0.0652 e. The monoisotopic (exact) mass is 429 g/mol. The van der Waals surface area contributed by atoms with Gasteiger partial charge >= 0.3 is 0 Å². The molecule has 0 bridgehead atoms. The number of aryl methyl sites for hydroxylation is 1. The van der Waals surface area contributed by atoms with Crippen LogP contribution in [0.3, 0.4) is 0 Å². The van der Waals surface area contributed by atoms with Gasteiger partial charge in [0.15, 0.2) is 0 Å². The molecule has 33 heavy (non-hydrogen) atoms. The molecule has 0 aliphatic rings. The van der Waals surface area contributed by atoms with Crippen molar-refractivity contribution in [3.05, 3.63) is 115 Å². The molecule has 3 heteroatoms. The summed E-state index contributed by atoms with van der Waals surface area (Å²) in [7, 11) is 0. The van der Waals surface area contributed by atoms with E-state index in [2.05, 4.69) is 90.4 Å². The summed E-state index contributed by atoms with van der Waals surface area (Å²) in [5, 5.41) is 9.50. The quantitative estimate of drug-likeness (QED) is 0.198. The van der Waals surface area contributed by atoms with E-state index in [-0.39, 0.29) is 0 Å². The normalized spacial score (nSPS) is 12.1. The Hall–Kier alpha value is -4.11. The first-order valence-corrected chi connectivity index (χ1v) is 11.4. The summed E-state index contributed by atoms with van der Waals surface area (Å²) in [6, 6.07) is 35.8. The molecule has 0 amide bonds. The Balaban J connectivity index is 1.49. The first-order valence-electron chi connectivity index (χ1n) is 11.4. The van der Waals surface area contributed by atoms with E-state index in [1.807, 2.05) is 48.3 Å². The van der Waals surface area contributed by atoms with Crippen LogP contribution in [0.4, 0.5) is 11.4 Å². The van der Waals surface area contributed by atoms with Crippen LogP contribution in [0.2, 0.25) is 0 Å². The standard InChI is InChI=1S/C30H27N3/c1-3-32-29-17-11-10-16-27(29)28-22-24(20-21-30(28)32)19-18-23(2)31-33(25-12-6-4-7-13-25)26-14-8-5-9-15-26/h4-22H,3H2,1-2H3. The maximum absolute atomic E-state index is 4.92. The van der Waals surface area contributed by atoms with Crippen molar-refractivity contribution in [2.24, 2.45) is 5.10 Å². The SMILES string of the molecule is CCn1c2ccccc2c2cc(C=CC(C)=NN(c3ccccc3)c3ccccc3)ccc21. The molecule has 0 saturated carbocycles. The third-order valence-electron chi connectivity index (χ3n) is 5.89. The fourth-order valence-corrected chi connectivity index (χ4v) is 4.33. The second-order valence-corrected chi connectivity index (χ2v) is 8.10. The number of hydrogen-bond acceptors (Lipinski definition) is 2. The molecule has 5 rings (SSSR count).